The Morgan fingerprint density at radius 3 is 2.76 bits per heavy atom. The van der Waals surface area contributed by atoms with Crippen LogP contribution in [0.4, 0.5) is 0 Å². The summed E-state index contributed by atoms with van der Waals surface area (Å²) in [4.78, 5) is 13.9. The van der Waals surface area contributed by atoms with Gasteiger partial charge < -0.3 is 4.90 Å². The highest BCUT2D eigenvalue weighted by molar-refractivity contribution is 9.10. The average Bonchev–Trinajstić information content (AvgIpc) is 2.51. The second-order valence-electron chi connectivity index (χ2n) is 4.64. The number of amides is 1. The number of alkyl halides is 1. The lowest BCUT2D eigenvalue weighted by atomic mass is 10.1. The maximum atomic E-state index is 12.0. The van der Waals surface area contributed by atoms with Crippen LogP contribution in [0.2, 0.25) is 0 Å². The average molecular weight is 300 g/mol. The quantitative estimate of drug-likeness (QED) is 0.783. The molecule has 17 heavy (non-hydrogen) atoms. The van der Waals surface area contributed by atoms with Gasteiger partial charge in [0.2, 0.25) is 5.91 Å². The molecule has 1 aliphatic rings. The molecule has 2 heterocycles. The number of hydrogen-bond donors (Lipinski definition) is 0. The number of nitrogens with zero attached hydrogens (tertiary/aromatic N) is 3. The van der Waals surface area contributed by atoms with Crippen molar-refractivity contribution in [3.05, 3.63) is 17.0 Å². The van der Waals surface area contributed by atoms with E-state index in [1.165, 1.54) is 5.56 Å². The highest BCUT2D eigenvalue weighted by Gasteiger charge is 2.27. The van der Waals surface area contributed by atoms with Crippen molar-refractivity contribution in [1.29, 1.82) is 0 Å². The van der Waals surface area contributed by atoms with E-state index in [0.717, 1.165) is 30.8 Å². The number of hydrogen-bond acceptors (Lipinski definition) is 2. The molecule has 5 heteroatoms. The largest absolute Gasteiger partial charge is 0.337 e. The lowest BCUT2D eigenvalue weighted by molar-refractivity contribution is -0.133. The summed E-state index contributed by atoms with van der Waals surface area (Å²) < 4.78 is 1.88. The SMILES string of the molecule is Cc1nn(C)c(C)c1CN1CCCC(Br)C1=O. The van der Waals surface area contributed by atoms with Gasteiger partial charge in [-0.25, -0.2) is 0 Å². The van der Waals surface area contributed by atoms with Crippen LogP contribution in [0.5, 0.6) is 0 Å². The Morgan fingerprint density at radius 1 is 1.47 bits per heavy atom. The van der Waals surface area contributed by atoms with Crippen LogP contribution in [0.15, 0.2) is 0 Å². The Hall–Kier alpha value is -0.840. The Balaban J connectivity index is 2.17. The number of rotatable bonds is 2. The maximum absolute atomic E-state index is 12.0. The summed E-state index contributed by atoms with van der Waals surface area (Å²) in [5.41, 5.74) is 3.35. The summed E-state index contributed by atoms with van der Waals surface area (Å²) in [5.74, 6) is 0.207. The molecule has 94 valence electrons. The van der Waals surface area contributed by atoms with Crippen LogP contribution in [-0.2, 0) is 18.4 Å². The Kier molecular flexibility index (Phi) is 3.56. The van der Waals surface area contributed by atoms with E-state index in [-0.39, 0.29) is 10.7 Å². The minimum absolute atomic E-state index is 0.00599. The van der Waals surface area contributed by atoms with Crippen LogP contribution in [0, 0.1) is 13.8 Å². The lowest BCUT2D eigenvalue weighted by Gasteiger charge is -2.29. The molecular formula is C12H18BrN3O. The molecule has 1 aromatic heterocycles. The van der Waals surface area contributed by atoms with Gasteiger partial charge >= 0.3 is 0 Å². The molecule has 2 rings (SSSR count). The minimum Gasteiger partial charge on any atom is -0.337 e. The smallest absolute Gasteiger partial charge is 0.236 e. The van der Waals surface area contributed by atoms with Gasteiger partial charge in [-0.1, -0.05) is 15.9 Å². The first-order valence-corrected chi connectivity index (χ1v) is 6.84. The summed E-state index contributed by atoms with van der Waals surface area (Å²) >= 11 is 3.44. The third-order valence-electron chi connectivity index (χ3n) is 3.47. The van der Waals surface area contributed by atoms with Crippen LogP contribution in [0.3, 0.4) is 0 Å². The van der Waals surface area contributed by atoms with Crippen molar-refractivity contribution in [3.63, 3.8) is 0 Å². The van der Waals surface area contributed by atoms with Crippen molar-refractivity contribution in [2.45, 2.75) is 38.1 Å². The number of aromatic nitrogens is 2. The van der Waals surface area contributed by atoms with E-state index in [2.05, 4.69) is 28.0 Å². The summed E-state index contributed by atoms with van der Waals surface area (Å²) in [7, 11) is 1.94. The monoisotopic (exact) mass is 299 g/mol. The van der Waals surface area contributed by atoms with Crippen LogP contribution >= 0.6 is 15.9 Å². The molecule has 0 radical (unpaired) electrons. The highest BCUT2D eigenvalue weighted by Crippen LogP contribution is 2.22. The number of piperidine rings is 1. The molecule has 1 fully saturated rings. The molecule has 1 saturated heterocycles. The number of halogens is 1. The van der Waals surface area contributed by atoms with Gasteiger partial charge in [-0.05, 0) is 26.7 Å². The zero-order valence-electron chi connectivity index (χ0n) is 10.5. The third-order valence-corrected chi connectivity index (χ3v) is 4.32. The second kappa shape index (κ2) is 4.80. The number of carbonyl (C=O) groups excluding carboxylic acids is 1. The maximum Gasteiger partial charge on any atom is 0.236 e. The van der Waals surface area contributed by atoms with E-state index in [1.807, 2.05) is 23.6 Å². The van der Waals surface area contributed by atoms with E-state index in [1.54, 1.807) is 0 Å². The van der Waals surface area contributed by atoms with Gasteiger partial charge in [-0.2, -0.15) is 5.10 Å². The van der Waals surface area contributed by atoms with E-state index >= 15 is 0 Å². The van der Waals surface area contributed by atoms with Crippen molar-refractivity contribution >= 4 is 21.8 Å². The predicted molar refractivity (Wildman–Crippen MR) is 70.0 cm³/mol. The van der Waals surface area contributed by atoms with E-state index in [4.69, 9.17) is 0 Å². The number of carbonyl (C=O) groups is 1. The standard InChI is InChI=1S/C12H18BrN3O/c1-8-10(9(2)15(3)14-8)7-16-6-4-5-11(13)12(16)17/h11H,4-7H2,1-3H3. The molecule has 1 aliphatic heterocycles. The van der Waals surface area contributed by atoms with Crippen molar-refractivity contribution < 1.29 is 4.79 Å². The molecule has 1 aromatic rings. The molecule has 4 nitrogen and oxygen atoms in total. The normalized spacial score (nSPS) is 21.1. The van der Waals surface area contributed by atoms with Crippen LogP contribution in [0.1, 0.15) is 29.8 Å². The first-order chi connectivity index (χ1) is 8.00. The molecule has 0 aliphatic carbocycles. The van der Waals surface area contributed by atoms with Gasteiger partial charge in [0.05, 0.1) is 10.5 Å². The van der Waals surface area contributed by atoms with E-state index < -0.39 is 0 Å². The Morgan fingerprint density at radius 2 is 2.18 bits per heavy atom. The van der Waals surface area contributed by atoms with Gasteiger partial charge in [0.25, 0.3) is 0 Å². The van der Waals surface area contributed by atoms with Crippen LogP contribution in [0.25, 0.3) is 0 Å². The van der Waals surface area contributed by atoms with Crippen molar-refractivity contribution in [1.82, 2.24) is 14.7 Å². The fourth-order valence-corrected chi connectivity index (χ4v) is 2.90. The molecule has 0 saturated carbocycles. The van der Waals surface area contributed by atoms with E-state index in [0.29, 0.717) is 6.54 Å². The molecule has 0 N–H and O–H groups in total. The minimum atomic E-state index is -0.00599. The predicted octanol–water partition coefficient (Wildman–Crippen LogP) is 1.92. The summed E-state index contributed by atoms with van der Waals surface area (Å²) in [6.45, 7) is 5.60. The molecule has 1 atom stereocenters. The molecule has 0 spiro atoms. The first-order valence-electron chi connectivity index (χ1n) is 5.92. The second-order valence-corrected chi connectivity index (χ2v) is 5.75. The van der Waals surface area contributed by atoms with Crippen LogP contribution < -0.4 is 0 Å². The van der Waals surface area contributed by atoms with Crippen molar-refractivity contribution in [3.8, 4) is 0 Å². The molecule has 0 bridgehead atoms. The molecule has 1 amide bonds. The molecule has 1 unspecified atom stereocenters. The van der Waals surface area contributed by atoms with Gasteiger partial charge in [-0.15, -0.1) is 0 Å². The first kappa shape index (κ1) is 12.6. The third kappa shape index (κ3) is 2.39. The highest BCUT2D eigenvalue weighted by atomic mass is 79.9. The van der Waals surface area contributed by atoms with Crippen molar-refractivity contribution in [2.75, 3.05) is 6.54 Å². The zero-order chi connectivity index (χ0) is 12.6. The summed E-state index contributed by atoms with van der Waals surface area (Å²) in [6.07, 6.45) is 2.01. The fourth-order valence-electron chi connectivity index (χ4n) is 2.29. The number of aryl methyl sites for hydroxylation is 2. The van der Waals surface area contributed by atoms with E-state index in [9.17, 15) is 4.79 Å². The van der Waals surface area contributed by atoms with Gasteiger partial charge in [0, 0.05) is 31.4 Å². The zero-order valence-corrected chi connectivity index (χ0v) is 12.1. The Labute approximate surface area is 110 Å². The molecule has 0 aromatic carbocycles. The fraction of sp³-hybridized carbons (Fsp3) is 0.667. The topological polar surface area (TPSA) is 38.1 Å². The van der Waals surface area contributed by atoms with Gasteiger partial charge in [0.1, 0.15) is 0 Å². The number of likely N-dealkylation sites (tertiary alicyclic amines) is 1. The van der Waals surface area contributed by atoms with Gasteiger partial charge in [-0.3, -0.25) is 9.48 Å². The lowest BCUT2D eigenvalue weighted by Crippen LogP contribution is -2.41. The van der Waals surface area contributed by atoms with Crippen molar-refractivity contribution in [2.24, 2.45) is 7.05 Å². The Bertz CT molecular complexity index is 441. The summed E-state index contributed by atoms with van der Waals surface area (Å²) in [5, 5.41) is 4.39. The summed E-state index contributed by atoms with van der Waals surface area (Å²) in [6, 6.07) is 0. The van der Waals surface area contributed by atoms with Crippen LogP contribution in [-0.4, -0.2) is 32.0 Å². The van der Waals surface area contributed by atoms with Gasteiger partial charge in [0.15, 0.2) is 0 Å². The molecular weight excluding hydrogens is 282 g/mol.